The van der Waals surface area contributed by atoms with Crippen LogP contribution in [0.2, 0.25) is 0 Å². The second kappa shape index (κ2) is 6.82. The third-order valence-electron chi connectivity index (χ3n) is 4.88. The third-order valence-corrected chi connectivity index (χ3v) is 9.64. The summed E-state index contributed by atoms with van der Waals surface area (Å²) in [5.74, 6) is -0.0860. The Bertz CT molecular complexity index is 750. The zero-order chi connectivity index (χ0) is 17.1. The van der Waals surface area contributed by atoms with Gasteiger partial charge in [0, 0.05) is 0 Å². The SMILES string of the molecule is O=C1C[C@@H]([P+](c2ccccc2)(c2ccccc2)c2ccccc2)CO1. The summed E-state index contributed by atoms with van der Waals surface area (Å²) < 4.78 is 5.42. The summed E-state index contributed by atoms with van der Waals surface area (Å²) in [5.41, 5.74) is 0.173. The van der Waals surface area contributed by atoms with E-state index < -0.39 is 7.26 Å². The lowest BCUT2D eigenvalue weighted by molar-refractivity contribution is -0.137. The Morgan fingerprint density at radius 2 is 1.08 bits per heavy atom. The van der Waals surface area contributed by atoms with Gasteiger partial charge in [0.25, 0.3) is 0 Å². The minimum Gasteiger partial charge on any atom is -0.461 e. The van der Waals surface area contributed by atoms with E-state index in [0.29, 0.717) is 13.0 Å². The van der Waals surface area contributed by atoms with Gasteiger partial charge in [0.1, 0.15) is 35.4 Å². The van der Waals surface area contributed by atoms with E-state index in [0.717, 1.165) is 0 Å². The molecule has 124 valence electrons. The van der Waals surface area contributed by atoms with Crippen molar-refractivity contribution >= 4 is 29.1 Å². The fourth-order valence-electron chi connectivity index (χ4n) is 3.82. The second-order valence-corrected chi connectivity index (χ2v) is 10.00. The monoisotopic (exact) mass is 347 g/mol. The Balaban J connectivity index is 2.03. The van der Waals surface area contributed by atoms with Crippen LogP contribution in [-0.2, 0) is 9.53 Å². The molecule has 1 fully saturated rings. The van der Waals surface area contributed by atoms with E-state index in [-0.39, 0.29) is 11.6 Å². The number of rotatable bonds is 4. The first-order chi connectivity index (χ1) is 12.3. The van der Waals surface area contributed by atoms with Gasteiger partial charge in [-0.3, -0.25) is 4.79 Å². The summed E-state index contributed by atoms with van der Waals surface area (Å²) in [4.78, 5) is 12.0. The van der Waals surface area contributed by atoms with Crippen LogP contribution in [0.15, 0.2) is 91.0 Å². The van der Waals surface area contributed by atoms with Crippen molar-refractivity contribution in [2.45, 2.75) is 12.1 Å². The summed E-state index contributed by atoms with van der Waals surface area (Å²) in [6, 6.07) is 31.9. The van der Waals surface area contributed by atoms with Crippen molar-refractivity contribution in [1.29, 1.82) is 0 Å². The molecule has 0 aliphatic carbocycles. The molecule has 0 radical (unpaired) electrons. The molecule has 3 aromatic rings. The fourth-order valence-corrected chi connectivity index (χ4v) is 8.62. The van der Waals surface area contributed by atoms with Crippen molar-refractivity contribution in [3.63, 3.8) is 0 Å². The van der Waals surface area contributed by atoms with Crippen LogP contribution in [0.5, 0.6) is 0 Å². The first kappa shape index (κ1) is 16.1. The molecule has 0 N–H and O–H groups in total. The summed E-state index contributed by atoms with van der Waals surface area (Å²) in [6.45, 7) is 0.491. The van der Waals surface area contributed by atoms with E-state index in [1.54, 1.807) is 0 Å². The maximum Gasteiger partial charge on any atom is 0.310 e. The van der Waals surface area contributed by atoms with Crippen molar-refractivity contribution in [2.75, 3.05) is 6.61 Å². The first-order valence-electron chi connectivity index (χ1n) is 8.53. The summed E-state index contributed by atoms with van der Waals surface area (Å²) in [5, 5.41) is 3.90. The van der Waals surface area contributed by atoms with Gasteiger partial charge < -0.3 is 4.74 Å². The molecule has 1 atom stereocenters. The standard InChI is InChI=1S/C22H20O2P/c23-22-16-21(17-24-22)25(18-10-4-1-5-11-18,19-12-6-2-7-13-19)20-14-8-3-9-15-20/h1-15,21H,16-17H2/q+1/t21-/m1/s1. The Kier molecular flexibility index (Phi) is 4.38. The van der Waals surface area contributed by atoms with Crippen LogP contribution in [0, 0.1) is 0 Å². The van der Waals surface area contributed by atoms with Crippen LogP contribution in [0.3, 0.4) is 0 Å². The van der Waals surface area contributed by atoms with Gasteiger partial charge in [-0.15, -0.1) is 0 Å². The first-order valence-corrected chi connectivity index (χ1v) is 10.4. The lowest BCUT2D eigenvalue weighted by atomic mass is 10.3. The molecule has 4 rings (SSSR count). The molecule has 2 nitrogen and oxygen atoms in total. The molecule has 0 bridgehead atoms. The highest BCUT2D eigenvalue weighted by Gasteiger charge is 2.55. The third kappa shape index (κ3) is 2.77. The van der Waals surface area contributed by atoms with Crippen molar-refractivity contribution < 1.29 is 9.53 Å². The molecule has 1 aliphatic rings. The molecule has 1 heterocycles. The molecule has 1 aliphatic heterocycles. The average Bonchev–Trinajstić information content (AvgIpc) is 3.12. The van der Waals surface area contributed by atoms with Gasteiger partial charge in [0.05, 0.1) is 6.42 Å². The fraction of sp³-hybridized carbons (Fsp3) is 0.136. The highest BCUT2D eigenvalue weighted by Crippen LogP contribution is 2.61. The molecule has 0 saturated carbocycles. The quantitative estimate of drug-likeness (QED) is 0.535. The molecule has 0 amide bonds. The van der Waals surface area contributed by atoms with E-state index in [9.17, 15) is 4.79 Å². The van der Waals surface area contributed by atoms with Gasteiger partial charge in [-0.25, -0.2) is 0 Å². The molecule has 0 aromatic heterocycles. The number of carbonyl (C=O) groups excluding carboxylic acids is 1. The van der Waals surface area contributed by atoms with Crippen LogP contribution < -0.4 is 15.9 Å². The lowest BCUT2D eigenvalue weighted by Gasteiger charge is -2.31. The molecule has 25 heavy (non-hydrogen) atoms. The van der Waals surface area contributed by atoms with Gasteiger partial charge in [-0.05, 0) is 36.4 Å². The van der Waals surface area contributed by atoms with Crippen LogP contribution >= 0.6 is 7.26 Å². The average molecular weight is 347 g/mol. The van der Waals surface area contributed by atoms with Crippen LogP contribution in [-0.4, -0.2) is 18.2 Å². The maximum absolute atomic E-state index is 12.0. The van der Waals surface area contributed by atoms with Crippen LogP contribution in [0.1, 0.15) is 6.42 Å². The highest BCUT2D eigenvalue weighted by atomic mass is 31.2. The lowest BCUT2D eigenvalue weighted by Crippen LogP contribution is -2.39. The van der Waals surface area contributed by atoms with Crippen molar-refractivity contribution in [2.24, 2.45) is 0 Å². The largest absolute Gasteiger partial charge is 0.461 e. The topological polar surface area (TPSA) is 26.3 Å². The molecule has 3 heteroatoms. The number of benzene rings is 3. The maximum atomic E-state index is 12.0. The summed E-state index contributed by atoms with van der Waals surface area (Å²) >= 11 is 0. The minimum atomic E-state index is -1.98. The number of ether oxygens (including phenoxy) is 1. The Morgan fingerprint density at radius 1 is 0.680 bits per heavy atom. The van der Waals surface area contributed by atoms with Crippen LogP contribution in [0.4, 0.5) is 0 Å². The molecular weight excluding hydrogens is 327 g/mol. The zero-order valence-electron chi connectivity index (χ0n) is 13.9. The van der Waals surface area contributed by atoms with E-state index in [1.165, 1.54) is 15.9 Å². The Labute approximate surface area is 148 Å². The van der Waals surface area contributed by atoms with E-state index >= 15 is 0 Å². The predicted molar refractivity (Wildman–Crippen MR) is 105 cm³/mol. The van der Waals surface area contributed by atoms with E-state index in [4.69, 9.17) is 4.74 Å². The van der Waals surface area contributed by atoms with Gasteiger partial charge in [-0.1, -0.05) is 54.6 Å². The summed E-state index contributed by atoms with van der Waals surface area (Å²) in [6.07, 6.45) is 0.479. The zero-order valence-corrected chi connectivity index (χ0v) is 14.8. The number of cyclic esters (lactones) is 1. The van der Waals surface area contributed by atoms with Crippen molar-refractivity contribution in [3.8, 4) is 0 Å². The Hall–Kier alpha value is -2.44. The number of hydrogen-bond acceptors (Lipinski definition) is 2. The normalized spacial score (nSPS) is 17.3. The van der Waals surface area contributed by atoms with Gasteiger partial charge in [0.15, 0.2) is 0 Å². The smallest absolute Gasteiger partial charge is 0.310 e. The van der Waals surface area contributed by atoms with E-state index in [1.807, 2.05) is 18.2 Å². The van der Waals surface area contributed by atoms with Crippen LogP contribution in [0.25, 0.3) is 0 Å². The van der Waals surface area contributed by atoms with Gasteiger partial charge in [0.2, 0.25) is 0 Å². The molecule has 1 saturated heterocycles. The number of hydrogen-bond donors (Lipinski definition) is 0. The minimum absolute atomic E-state index is 0.0860. The van der Waals surface area contributed by atoms with Crippen molar-refractivity contribution in [3.05, 3.63) is 91.0 Å². The number of carbonyl (C=O) groups is 1. The number of esters is 1. The summed E-state index contributed by atoms with van der Waals surface area (Å²) in [7, 11) is -1.98. The predicted octanol–water partition coefficient (Wildman–Crippen LogP) is 3.30. The second-order valence-electron chi connectivity index (χ2n) is 6.27. The van der Waals surface area contributed by atoms with Crippen molar-refractivity contribution in [1.82, 2.24) is 0 Å². The molecule has 0 unspecified atom stereocenters. The Morgan fingerprint density at radius 3 is 1.40 bits per heavy atom. The van der Waals surface area contributed by atoms with Gasteiger partial charge >= 0.3 is 5.97 Å². The molecule has 3 aromatic carbocycles. The van der Waals surface area contributed by atoms with Gasteiger partial charge in [-0.2, -0.15) is 0 Å². The van der Waals surface area contributed by atoms with E-state index in [2.05, 4.69) is 72.8 Å². The molecule has 0 spiro atoms. The molecular formula is C22H20O2P+. The highest BCUT2D eigenvalue weighted by molar-refractivity contribution is 7.96.